The Bertz CT molecular complexity index is 817. The molecule has 136 valence electrons. The molecular weight excluding hydrogens is 332 g/mol. The average Bonchev–Trinajstić information content (AvgIpc) is 3.09. The highest BCUT2D eigenvalue weighted by molar-refractivity contribution is 6.06. The number of hydrogen-bond donors (Lipinski definition) is 2. The summed E-state index contributed by atoms with van der Waals surface area (Å²) in [6, 6.07) is 11.9. The molecule has 26 heavy (non-hydrogen) atoms. The van der Waals surface area contributed by atoms with Gasteiger partial charge >= 0.3 is 0 Å². The van der Waals surface area contributed by atoms with Gasteiger partial charge in [0.25, 0.3) is 11.8 Å². The molecule has 1 heterocycles. The summed E-state index contributed by atoms with van der Waals surface area (Å²) >= 11 is 0. The summed E-state index contributed by atoms with van der Waals surface area (Å²) in [5, 5.41) is 5.68. The van der Waals surface area contributed by atoms with Crippen LogP contribution in [0.4, 0.5) is 5.69 Å². The topological polar surface area (TPSA) is 76.7 Å². The first-order valence-electron chi connectivity index (χ1n) is 8.62. The fraction of sp³-hybridized carbons (Fsp3) is 0.300. The van der Waals surface area contributed by atoms with Gasteiger partial charge in [0.1, 0.15) is 0 Å². The lowest BCUT2D eigenvalue weighted by molar-refractivity contribution is 0.0952. The highest BCUT2D eigenvalue weighted by atomic mass is 16.7. The second kappa shape index (κ2) is 7.91. The molecule has 0 atom stereocenters. The van der Waals surface area contributed by atoms with Crippen LogP contribution in [-0.4, -0.2) is 25.2 Å². The number of anilines is 1. The van der Waals surface area contributed by atoms with E-state index in [4.69, 9.17) is 9.47 Å². The summed E-state index contributed by atoms with van der Waals surface area (Å²) in [4.78, 5) is 24.7. The zero-order valence-electron chi connectivity index (χ0n) is 14.9. The number of carbonyl (C=O) groups is 2. The maximum atomic E-state index is 12.5. The molecule has 0 saturated carbocycles. The molecule has 1 aliphatic rings. The van der Waals surface area contributed by atoms with E-state index in [1.165, 1.54) is 0 Å². The molecule has 0 fully saturated rings. The van der Waals surface area contributed by atoms with Crippen LogP contribution >= 0.6 is 0 Å². The van der Waals surface area contributed by atoms with Gasteiger partial charge in [0, 0.05) is 29.4 Å². The van der Waals surface area contributed by atoms with Gasteiger partial charge in [0.05, 0.1) is 0 Å². The monoisotopic (exact) mass is 354 g/mol. The smallest absolute Gasteiger partial charge is 0.255 e. The van der Waals surface area contributed by atoms with E-state index in [1.807, 2.05) is 0 Å². The van der Waals surface area contributed by atoms with Gasteiger partial charge in [-0.2, -0.15) is 0 Å². The first-order valence-corrected chi connectivity index (χ1v) is 8.62. The summed E-state index contributed by atoms with van der Waals surface area (Å²) in [7, 11) is 0. The molecule has 0 unspecified atom stereocenters. The van der Waals surface area contributed by atoms with Crippen molar-refractivity contribution in [1.82, 2.24) is 5.32 Å². The third-order valence-electron chi connectivity index (χ3n) is 4.02. The first-order chi connectivity index (χ1) is 12.5. The van der Waals surface area contributed by atoms with Crippen molar-refractivity contribution >= 4 is 17.5 Å². The Morgan fingerprint density at radius 3 is 2.50 bits per heavy atom. The maximum Gasteiger partial charge on any atom is 0.255 e. The van der Waals surface area contributed by atoms with Gasteiger partial charge in [0.15, 0.2) is 11.5 Å². The fourth-order valence-electron chi connectivity index (χ4n) is 2.56. The van der Waals surface area contributed by atoms with E-state index in [-0.39, 0.29) is 18.6 Å². The summed E-state index contributed by atoms with van der Waals surface area (Å²) in [5.41, 5.74) is 1.48. The van der Waals surface area contributed by atoms with Crippen LogP contribution in [0.5, 0.6) is 11.5 Å². The predicted molar refractivity (Wildman–Crippen MR) is 98.7 cm³/mol. The van der Waals surface area contributed by atoms with Crippen molar-refractivity contribution in [3.63, 3.8) is 0 Å². The first kappa shape index (κ1) is 17.8. The van der Waals surface area contributed by atoms with Gasteiger partial charge in [-0.1, -0.05) is 19.9 Å². The molecule has 0 bridgehead atoms. The van der Waals surface area contributed by atoms with Crippen LogP contribution in [0.1, 0.15) is 41.0 Å². The van der Waals surface area contributed by atoms with Gasteiger partial charge in [0.2, 0.25) is 6.79 Å². The van der Waals surface area contributed by atoms with Crippen LogP contribution in [0, 0.1) is 5.92 Å². The van der Waals surface area contributed by atoms with E-state index < -0.39 is 0 Å². The quantitative estimate of drug-likeness (QED) is 0.833. The Labute approximate surface area is 152 Å². The van der Waals surface area contributed by atoms with Crippen molar-refractivity contribution in [2.45, 2.75) is 20.3 Å². The number of ether oxygens (including phenoxy) is 2. The summed E-state index contributed by atoms with van der Waals surface area (Å²) < 4.78 is 10.6. The lowest BCUT2D eigenvalue weighted by Gasteiger charge is -2.09. The number of benzene rings is 2. The largest absolute Gasteiger partial charge is 0.454 e. The number of amides is 2. The highest BCUT2D eigenvalue weighted by Crippen LogP contribution is 2.34. The van der Waals surface area contributed by atoms with Crippen LogP contribution in [0.3, 0.4) is 0 Å². The van der Waals surface area contributed by atoms with E-state index >= 15 is 0 Å². The van der Waals surface area contributed by atoms with Crippen LogP contribution in [0.15, 0.2) is 42.5 Å². The van der Waals surface area contributed by atoms with Crippen LogP contribution in [0.25, 0.3) is 0 Å². The molecule has 0 saturated heterocycles. The van der Waals surface area contributed by atoms with Crippen molar-refractivity contribution in [2.75, 3.05) is 18.7 Å². The molecule has 2 amide bonds. The molecule has 2 aromatic carbocycles. The van der Waals surface area contributed by atoms with Crippen LogP contribution < -0.4 is 20.1 Å². The zero-order chi connectivity index (χ0) is 18.5. The molecule has 2 aromatic rings. The van der Waals surface area contributed by atoms with E-state index in [9.17, 15) is 9.59 Å². The number of nitrogens with one attached hydrogen (secondary N) is 2. The Morgan fingerprint density at radius 2 is 1.73 bits per heavy atom. The van der Waals surface area contributed by atoms with Gasteiger partial charge in [-0.05, 0) is 42.7 Å². The normalized spacial score (nSPS) is 12.1. The number of hydrogen-bond acceptors (Lipinski definition) is 4. The van der Waals surface area contributed by atoms with E-state index in [0.29, 0.717) is 40.8 Å². The zero-order valence-corrected chi connectivity index (χ0v) is 14.9. The van der Waals surface area contributed by atoms with E-state index in [1.54, 1.807) is 42.5 Å². The number of rotatable bonds is 6. The third-order valence-corrected chi connectivity index (χ3v) is 4.02. The van der Waals surface area contributed by atoms with Gasteiger partial charge in [-0.25, -0.2) is 0 Å². The molecule has 0 aromatic heterocycles. The SMILES string of the molecule is CC(C)CCNC(=O)c1cccc(C(=O)Nc2ccc3c(c2)OCO3)c1. The third kappa shape index (κ3) is 4.33. The molecule has 6 nitrogen and oxygen atoms in total. The highest BCUT2D eigenvalue weighted by Gasteiger charge is 2.15. The van der Waals surface area contributed by atoms with Gasteiger partial charge < -0.3 is 20.1 Å². The van der Waals surface area contributed by atoms with Crippen LogP contribution in [-0.2, 0) is 0 Å². The van der Waals surface area contributed by atoms with Crippen LogP contribution in [0.2, 0.25) is 0 Å². The minimum atomic E-state index is -0.291. The standard InChI is InChI=1S/C20H22N2O4/c1-13(2)8-9-21-19(23)14-4-3-5-15(10-14)20(24)22-16-6-7-17-18(11-16)26-12-25-17/h3-7,10-11,13H,8-9,12H2,1-2H3,(H,21,23)(H,22,24). The molecule has 2 N–H and O–H groups in total. The van der Waals surface area contributed by atoms with Crippen molar-refractivity contribution in [2.24, 2.45) is 5.92 Å². The lowest BCUT2D eigenvalue weighted by atomic mass is 10.1. The molecule has 0 spiro atoms. The molecular formula is C20H22N2O4. The van der Waals surface area contributed by atoms with Gasteiger partial charge in [-0.15, -0.1) is 0 Å². The van der Waals surface area contributed by atoms with Gasteiger partial charge in [-0.3, -0.25) is 9.59 Å². The van der Waals surface area contributed by atoms with E-state index in [0.717, 1.165) is 6.42 Å². The van der Waals surface area contributed by atoms with Crippen molar-refractivity contribution < 1.29 is 19.1 Å². The molecule has 1 aliphatic heterocycles. The molecule has 0 aliphatic carbocycles. The maximum absolute atomic E-state index is 12.5. The summed E-state index contributed by atoms with van der Waals surface area (Å²) in [6.45, 7) is 5.01. The average molecular weight is 354 g/mol. The molecule has 3 rings (SSSR count). The second-order valence-electron chi connectivity index (χ2n) is 6.54. The summed E-state index contributed by atoms with van der Waals surface area (Å²) in [6.07, 6.45) is 0.913. The Kier molecular flexibility index (Phi) is 5.41. The Balaban J connectivity index is 1.65. The Hall–Kier alpha value is -3.02. The van der Waals surface area contributed by atoms with Crippen molar-refractivity contribution in [3.8, 4) is 11.5 Å². The minimum absolute atomic E-state index is 0.177. The molecule has 6 heteroatoms. The Morgan fingerprint density at radius 1 is 1.00 bits per heavy atom. The lowest BCUT2D eigenvalue weighted by Crippen LogP contribution is -2.25. The number of fused-ring (bicyclic) bond motifs is 1. The van der Waals surface area contributed by atoms with E-state index in [2.05, 4.69) is 24.5 Å². The minimum Gasteiger partial charge on any atom is -0.454 e. The summed E-state index contributed by atoms with van der Waals surface area (Å²) in [5.74, 6) is 1.31. The van der Waals surface area contributed by atoms with Crippen molar-refractivity contribution in [1.29, 1.82) is 0 Å². The molecule has 0 radical (unpaired) electrons. The fourth-order valence-corrected chi connectivity index (χ4v) is 2.56. The number of carbonyl (C=O) groups excluding carboxylic acids is 2. The predicted octanol–water partition coefficient (Wildman–Crippen LogP) is 3.44. The van der Waals surface area contributed by atoms with Crippen molar-refractivity contribution in [3.05, 3.63) is 53.6 Å². The second-order valence-corrected chi connectivity index (χ2v) is 6.54.